The summed E-state index contributed by atoms with van der Waals surface area (Å²) < 4.78 is 0. The first-order chi connectivity index (χ1) is 13.7. The Morgan fingerprint density at radius 2 is 1.83 bits per heavy atom. The van der Waals surface area contributed by atoms with E-state index in [1.165, 1.54) is 16.7 Å². The van der Waals surface area contributed by atoms with Crippen molar-refractivity contribution in [3.05, 3.63) is 64.2 Å². The predicted molar refractivity (Wildman–Crippen MR) is 122 cm³/mol. The molecule has 1 heterocycles. The maximum Gasteiger partial charge on any atom is 0.158 e. The summed E-state index contributed by atoms with van der Waals surface area (Å²) in [5, 5.41) is 4.42. The van der Waals surface area contributed by atoms with Gasteiger partial charge in [-0.25, -0.2) is 4.99 Å². The van der Waals surface area contributed by atoms with Crippen LogP contribution in [0.25, 0.3) is 0 Å². The van der Waals surface area contributed by atoms with Gasteiger partial charge in [0.2, 0.25) is 0 Å². The maximum absolute atomic E-state index is 5.80. The first-order valence-corrected chi connectivity index (χ1v) is 10.4. The van der Waals surface area contributed by atoms with Crippen LogP contribution in [0.3, 0.4) is 0 Å². The van der Waals surface area contributed by atoms with Crippen LogP contribution >= 0.6 is 0 Å². The second-order valence-corrected chi connectivity index (χ2v) is 8.98. The van der Waals surface area contributed by atoms with Crippen LogP contribution in [0.5, 0.6) is 0 Å². The molecule has 1 aliphatic rings. The van der Waals surface area contributed by atoms with Gasteiger partial charge in [0.05, 0.1) is 17.7 Å². The lowest BCUT2D eigenvalue weighted by Crippen LogP contribution is -2.14. The molecule has 4 nitrogen and oxygen atoms in total. The lowest BCUT2D eigenvalue weighted by Gasteiger charge is -2.19. The van der Waals surface area contributed by atoms with E-state index in [9.17, 15) is 0 Å². The Labute approximate surface area is 175 Å². The van der Waals surface area contributed by atoms with Crippen LogP contribution in [-0.2, 0) is 10.3 Å². The van der Waals surface area contributed by atoms with E-state index in [0.29, 0.717) is 0 Å². The molecule has 154 valence electrons. The summed E-state index contributed by atoms with van der Waals surface area (Å²) >= 11 is 0. The molecular weight excluding hydrogens is 358 g/mol. The highest BCUT2D eigenvalue weighted by molar-refractivity contribution is 6.03. The summed E-state index contributed by atoms with van der Waals surface area (Å²) in [4.78, 5) is 12.5. The molecule has 0 saturated carbocycles. The summed E-state index contributed by atoms with van der Waals surface area (Å²) in [6.45, 7) is 14.0. The zero-order chi connectivity index (χ0) is 21.2. The van der Waals surface area contributed by atoms with Crippen molar-refractivity contribution in [2.75, 3.05) is 13.6 Å². The lowest BCUT2D eigenvalue weighted by molar-refractivity contribution is 0.0857. The SMILES string of the molecule is CCN(C)/C=N\c1cc(C)c(C2=NOC(c3ccc(C(C)(C)C)cc3)C2)cc1C. The molecule has 0 bridgehead atoms. The van der Waals surface area contributed by atoms with E-state index in [2.05, 4.69) is 93.0 Å². The molecule has 0 saturated heterocycles. The van der Waals surface area contributed by atoms with Crippen molar-refractivity contribution in [1.29, 1.82) is 0 Å². The van der Waals surface area contributed by atoms with Crippen LogP contribution in [0.2, 0.25) is 0 Å². The third-order valence-electron chi connectivity index (χ3n) is 5.56. The van der Waals surface area contributed by atoms with Crippen LogP contribution in [0.4, 0.5) is 5.69 Å². The Hall–Kier alpha value is -2.62. The van der Waals surface area contributed by atoms with Gasteiger partial charge in [0, 0.05) is 25.6 Å². The van der Waals surface area contributed by atoms with Crippen LogP contribution < -0.4 is 0 Å². The first kappa shape index (κ1) is 21.1. The van der Waals surface area contributed by atoms with E-state index in [1.54, 1.807) is 0 Å². The van der Waals surface area contributed by atoms with Crippen molar-refractivity contribution < 1.29 is 4.84 Å². The van der Waals surface area contributed by atoms with E-state index < -0.39 is 0 Å². The van der Waals surface area contributed by atoms with Crippen molar-refractivity contribution >= 4 is 17.7 Å². The van der Waals surface area contributed by atoms with E-state index in [0.717, 1.165) is 35.5 Å². The number of aryl methyl sites for hydroxylation is 2. The van der Waals surface area contributed by atoms with Gasteiger partial charge < -0.3 is 9.74 Å². The average molecular weight is 392 g/mol. The Morgan fingerprint density at radius 1 is 1.14 bits per heavy atom. The minimum absolute atomic E-state index is 0.0189. The van der Waals surface area contributed by atoms with Crippen molar-refractivity contribution in [2.45, 2.75) is 59.5 Å². The maximum atomic E-state index is 5.80. The van der Waals surface area contributed by atoms with Gasteiger partial charge in [0.15, 0.2) is 6.10 Å². The molecule has 0 spiro atoms. The summed E-state index contributed by atoms with van der Waals surface area (Å²) in [7, 11) is 2.03. The fourth-order valence-corrected chi connectivity index (χ4v) is 3.41. The van der Waals surface area contributed by atoms with E-state index in [-0.39, 0.29) is 11.5 Å². The molecule has 0 amide bonds. The summed E-state index contributed by atoms with van der Waals surface area (Å²) in [5.74, 6) is 0. The second kappa shape index (κ2) is 8.40. The largest absolute Gasteiger partial charge is 0.387 e. The van der Waals surface area contributed by atoms with Gasteiger partial charge in [0.25, 0.3) is 0 Å². The second-order valence-electron chi connectivity index (χ2n) is 8.98. The summed E-state index contributed by atoms with van der Waals surface area (Å²) in [5.41, 5.74) is 8.14. The predicted octanol–water partition coefficient (Wildman–Crippen LogP) is 6.08. The average Bonchev–Trinajstić information content (AvgIpc) is 3.17. The van der Waals surface area contributed by atoms with Gasteiger partial charge in [-0.2, -0.15) is 0 Å². The quantitative estimate of drug-likeness (QED) is 0.458. The standard InChI is InChI=1S/C25H33N3O/c1-8-28(7)16-26-22-14-17(2)21(13-18(22)3)23-15-24(29-27-23)19-9-11-20(12-10-19)25(4,5)6/h9-14,16,24H,8,15H2,1-7H3/b26-16-. The number of benzene rings is 2. The van der Waals surface area contributed by atoms with E-state index in [1.807, 2.05) is 13.4 Å². The zero-order valence-electron chi connectivity index (χ0n) is 18.8. The third-order valence-corrected chi connectivity index (χ3v) is 5.56. The fourth-order valence-electron chi connectivity index (χ4n) is 3.41. The van der Waals surface area contributed by atoms with Gasteiger partial charge in [0.1, 0.15) is 0 Å². The number of oxime groups is 1. The van der Waals surface area contributed by atoms with Crippen LogP contribution in [0.1, 0.15) is 68.0 Å². The molecule has 0 radical (unpaired) electrons. The highest BCUT2D eigenvalue weighted by Gasteiger charge is 2.25. The number of aliphatic imine (C=N–C) groups is 1. The zero-order valence-corrected chi connectivity index (χ0v) is 18.8. The monoisotopic (exact) mass is 391 g/mol. The molecule has 0 aromatic heterocycles. The Kier molecular flexibility index (Phi) is 6.11. The minimum atomic E-state index is -0.0189. The number of rotatable bonds is 5. The molecule has 1 aliphatic heterocycles. The topological polar surface area (TPSA) is 37.2 Å². The molecule has 1 unspecified atom stereocenters. The Balaban J connectivity index is 1.76. The van der Waals surface area contributed by atoms with Crippen molar-refractivity contribution in [3.8, 4) is 0 Å². The van der Waals surface area contributed by atoms with Gasteiger partial charge in [-0.3, -0.25) is 0 Å². The smallest absolute Gasteiger partial charge is 0.158 e. The first-order valence-electron chi connectivity index (χ1n) is 10.4. The summed E-state index contributed by atoms with van der Waals surface area (Å²) in [6.07, 6.45) is 2.65. The molecule has 3 rings (SSSR count). The van der Waals surface area contributed by atoms with E-state index >= 15 is 0 Å². The van der Waals surface area contributed by atoms with Crippen molar-refractivity contribution in [3.63, 3.8) is 0 Å². The number of nitrogens with zero attached hydrogens (tertiary/aromatic N) is 3. The normalized spacial score (nSPS) is 16.8. The third kappa shape index (κ3) is 4.87. The van der Waals surface area contributed by atoms with Gasteiger partial charge in [-0.1, -0.05) is 50.2 Å². The highest BCUT2D eigenvalue weighted by Crippen LogP contribution is 2.33. The molecule has 0 fully saturated rings. The molecule has 2 aromatic rings. The Morgan fingerprint density at radius 3 is 2.45 bits per heavy atom. The Bertz CT molecular complexity index is 920. The molecule has 29 heavy (non-hydrogen) atoms. The minimum Gasteiger partial charge on any atom is -0.387 e. The molecule has 1 atom stereocenters. The number of hydrogen-bond acceptors (Lipinski definition) is 3. The van der Waals surface area contributed by atoms with Crippen LogP contribution in [-0.4, -0.2) is 30.5 Å². The molecular formula is C25H33N3O. The van der Waals surface area contributed by atoms with Crippen molar-refractivity contribution in [2.24, 2.45) is 10.1 Å². The van der Waals surface area contributed by atoms with Crippen molar-refractivity contribution in [1.82, 2.24) is 4.90 Å². The van der Waals surface area contributed by atoms with Gasteiger partial charge in [-0.05, 0) is 60.6 Å². The van der Waals surface area contributed by atoms with Crippen LogP contribution in [0, 0.1) is 13.8 Å². The van der Waals surface area contributed by atoms with Gasteiger partial charge in [-0.15, -0.1) is 0 Å². The molecule has 2 aromatic carbocycles. The lowest BCUT2D eigenvalue weighted by atomic mass is 9.86. The fraction of sp³-hybridized carbons (Fsp3) is 0.440. The molecule has 4 heteroatoms. The summed E-state index contributed by atoms with van der Waals surface area (Å²) in [6, 6.07) is 13.1. The molecule has 0 aliphatic carbocycles. The molecule has 0 N–H and O–H groups in total. The highest BCUT2D eigenvalue weighted by atomic mass is 16.6. The van der Waals surface area contributed by atoms with E-state index in [4.69, 9.17) is 4.84 Å². The van der Waals surface area contributed by atoms with Gasteiger partial charge >= 0.3 is 0 Å². The number of hydrogen-bond donors (Lipinski definition) is 0. The van der Waals surface area contributed by atoms with Crippen LogP contribution in [0.15, 0.2) is 46.5 Å².